The van der Waals surface area contributed by atoms with E-state index in [0.29, 0.717) is 42.2 Å². The van der Waals surface area contributed by atoms with Gasteiger partial charge in [-0.25, -0.2) is 0 Å². The Kier molecular flexibility index (Phi) is 6.16. The summed E-state index contributed by atoms with van der Waals surface area (Å²) >= 11 is 0. The highest BCUT2D eigenvalue weighted by Gasteiger charge is 2.41. The summed E-state index contributed by atoms with van der Waals surface area (Å²) in [6.45, 7) is 1.74. The molecule has 2 aromatic carbocycles. The predicted molar refractivity (Wildman–Crippen MR) is 127 cm³/mol. The summed E-state index contributed by atoms with van der Waals surface area (Å²) in [5.41, 5.74) is 2.81. The van der Waals surface area contributed by atoms with Gasteiger partial charge in [-0.3, -0.25) is 14.4 Å². The number of carbonyl (C=O) groups excluding carboxylic acids is 3. The molecule has 6 nitrogen and oxygen atoms in total. The predicted octanol–water partition coefficient (Wildman–Crippen LogP) is 4.15. The maximum Gasteiger partial charge on any atom is 0.256 e. The number of amides is 3. The summed E-state index contributed by atoms with van der Waals surface area (Å²) in [5.74, 6) is 0.457. The lowest BCUT2D eigenvalue weighted by Crippen LogP contribution is -2.44. The number of hydrogen-bond donors (Lipinski definition) is 1. The van der Waals surface area contributed by atoms with Gasteiger partial charge in [0.2, 0.25) is 5.91 Å². The maximum atomic E-state index is 13.4. The third kappa shape index (κ3) is 4.39. The minimum absolute atomic E-state index is 0.0277. The molecule has 172 valence electrons. The Labute approximate surface area is 194 Å². The second-order valence-corrected chi connectivity index (χ2v) is 9.51. The van der Waals surface area contributed by atoms with E-state index >= 15 is 0 Å². The van der Waals surface area contributed by atoms with Crippen molar-refractivity contribution in [2.45, 2.75) is 57.5 Å². The van der Waals surface area contributed by atoms with Crippen LogP contribution in [0.15, 0.2) is 48.5 Å². The summed E-state index contributed by atoms with van der Waals surface area (Å²) < 4.78 is 0. The van der Waals surface area contributed by atoms with Crippen LogP contribution in [-0.2, 0) is 11.3 Å². The van der Waals surface area contributed by atoms with Crippen LogP contribution in [0.4, 0.5) is 5.69 Å². The van der Waals surface area contributed by atoms with Gasteiger partial charge < -0.3 is 15.1 Å². The van der Waals surface area contributed by atoms with Crippen LogP contribution >= 0.6 is 0 Å². The van der Waals surface area contributed by atoms with Gasteiger partial charge in [0.05, 0.1) is 17.8 Å². The fraction of sp³-hybridized carbons (Fsp3) is 0.444. The van der Waals surface area contributed by atoms with Crippen LogP contribution in [0, 0.1) is 5.92 Å². The minimum atomic E-state index is -0.394. The normalized spacial score (nSPS) is 20.9. The molecule has 0 spiro atoms. The number of para-hydroxylation sites is 1. The summed E-state index contributed by atoms with van der Waals surface area (Å²) in [7, 11) is 0. The van der Waals surface area contributed by atoms with Crippen LogP contribution in [0.1, 0.15) is 71.2 Å². The first kappa shape index (κ1) is 21.7. The van der Waals surface area contributed by atoms with Gasteiger partial charge in [-0.15, -0.1) is 0 Å². The highest BCUT2D eigenvalue weighted by molar-refractivity contribution is 6.11. The standard InChI is InChI=1S/C27H31N3O3/c31-25(28-17-19-7-2-1-3-8-19)21-14-12-20(13-15-21)18-30-23-10-5-4-9-22(23)26(32)29-16-6-11-24(29)27(30)33/h4-5,9-10,12-15,19,24H,1-3,6-8,11,16-18H2,(H,28,31)/t24-/m0/s1. The average molecular weight is 446 g/mol. The van der Waals surface area contributed by atoms with E-state index < -0.39 is 6.04 Å². The lowest BCUT2D eigenvalue weighted by molar-refractivity contribution is -0.122. The fourth-order valence-corrected chi connectivity index (χ4v) is 5.45. The molecular formula is C27H31N3O3. The Morgan fingerprint density at radius 2 is 1.67 bits per heavy atom. The van der Waals surface area contributed by atoms with Crippen LogP contribution in [-0.4, -0.2) is 41.8 Å². The zero-order valence-corrected chi connectivity index (χ0v) is 19.0. The van der Waals surface area contributed by atoms with Crippen molar-refractivity contribution in [1.82, 2.24) is 10.2 Å². The molecule has 2 aliphatic heterocycles. The highest BCUT2D eigenvalue weighted by atomic mass is 16.2. The van der Waals surface area contributed by atoms with E-state index in [2.05, 4.69) is 5.32 Å². The van der Waals surface area contributed by atoms with Crippen molar-refractivity contribution in [3.8, 4) is 0 Å². The average Bonchev–Trinajstić information content (AvgIpc) is 3.33. The highest BCUT2D eigenvalue weighted by Crippen LogP contribution is 2.33. The molecule has 5 rings (SSSR count). The lowest BCUT2D eigenvalue weighted by Gasteiger charge is -2.26. The van der Waals surface area contributed by atoms with Crippen LogP contribution in [0.5, 0.6) is 0 Å². The Balaban J connectivity index is 1.31. The van der Waals surface area contributed by atoms with Crippen molar-refractivity contribution in [2.75, 3.05) is 18.0 Å². The third-order valence-electron chi connectivity index (χ3n) is 7.32. The Bertz CT molecular complexity index is 1040. The first-order valence-electron chi connectivity index (χ1n) is 12.2. The van der Waals surface area contributed by atoms with Crippen molar-refractivity contribution in [2.24, 2.45) is 5.92 Å². The van der Waals surface area contributed by atoms with Crippen LogP contribution in [0.25, 0.3) is 0 Å². The molecule has 1 saturated heterocycles. The van der Waals surface area contributed by atoms with Crippen LogP contribution in [0.2, 0.25) is 0 Å². The largest absolute Gasteiger partial charge is 0.352 e. The molecule has 2 aromatic rings. The zero-order valence-electron chi connectivity index (χ0n) is 19.0. The van der Waals surface area contributed by atoms with E-state index in [-0.39, 0.29) is 17.7 Å². The van der Waals surface area contributed by atoms with Crippen molar-refractivity contribution >= 4 is 23.4 Å². The molecule has 0 aromatic heterocycles. The maximum absolute atomic E-state index is 13.4. The van der Waals surface area contributed by atoms with Gasteiger partial charge in [0, 0.05) is 18.7 Å². The number of carbonyl (C=O) groups is 3. The van der Waals surface area contributed by atoms with Crippen molar-refractivity contribution in [3.63, 3.8) is 0 Å². The molecule has 33 heavy (non-hydrogen) atoms. The van der Waals surface area contributed by atoms with Gasteiger partial charge in [-0.1, -0.05) is 43.5 Å². The van der Waals surface area contributed by atoms with Crippen LogP contribution < -0.4 is 10.2 Å². The van der Waals surface area contributed by atoms with Gasteiger partial charge in [-0.2, -0.15) is 0 Å². The molecule has 0 bridgehead atoms. The fourth-order valence-electron chi connectivity index (χ4n) is 5.45. The summed E-state index contributed by atoms with van der Waals surface area (Å²) in [6, 6.07) is 14.4. The number of nitrogens with one attached hydrogen (secondary N) is 1. The number of fused-ring (bicyclic) bond motifs is 2. The molecular weight excluding hydrogens is 414 g/mol. The number of hydrogen-bond acceptors (Lipinski definition) is 3. The third-order valence-corrected chi connectivity index (χ3v) is 7.32. The minimum Gasteiger partial charge on any atom is -0.352 e. The molecule has 2 fully saturated rings. The van der Waals surface area contributed by atoms with Gasteiger partial charge in [0.15, 0.2) is 0 Å². The quantitative estimate of drug-likeness (QED) is 0.752. The topological polar surface area (TPSA) is 69.7 Å². The van der Waals surface area contributed by atoms with Crippen molar-refractivity contribution in [1.29, 1.82) is 0 Å². The Morgan fingerprint density at radius 3 is 2.45 bits per heavy atom. The van der Waals surface area contributed by atoms with E-state index in [0.717, 1.165) is 18.5 Å². The second kappa shape index (κ2) is 9.38. The van der Waals surface area contributed by atoms with Crippen molar-refractivity contribution in [3.05, 3.63) is 65.2 Å². The molecule has 2 heterocycles. The van der Waals surface area contributed by atoms with E-state index in [1.807, 2.05) is 42.5 Å². The van der Waals surface area contributed by atoms with E-state index in [1.165, 1.54) is 32.1 Å². The molecule has 1 N–H and O–H groups in total. The monoisotopic (exact) mass is 445 g/mol. The first-order chi connectivity index (χ1) is 16.1. The lowest BCUT2D eigenvalue weighted by atomic mass is 9.89. The number of benzene rings is 2. The van der Waals surface area contributed by atoms with Gasteiger partial charge >= 0.3 is 0 Å². The summed E-state index contributed by atoms with van der Waals surface area (Å²) in [6.07, 6.45) is 7.79. The zero-order chi connectivity index (χ0) is 22.8. The SMILES string of the molecule is O=C(NCC1CCCCC1)c1ccc(CN2C(=O)[C@@H]3CCCN3C(=O)c3ccccc32)cc1. The molecule has 1 atom stereocenters. The van der Waals surface area contributed by atoms with E-state index in [9.17, 15) is 14.4 Å². The molecule has 3 amide bonds. The van der Waals surface area contributed by atoms with E-state index in [4.69, 9.17) is 0 Å². The molecule has 6 heteroatoms. The molecule has 0 unspecified atom stereocenters. The second-order valence-electron chi connectivity index (χ2n) is 9.51. The molecule has 3 aliphatic rings. The molecule has 1 aliphatic carbocycles. The van der Waals surface area contributed by atoms with Crippen molar-refractivity contribution < 1.29 is 14.4 Å². The van der Waals surface area contributed by atoms with Gasteiger partial charge in [0.25, 0.3) is 11.8 Å². The number of nitrogens with zero attached hydrogens (tertiary/aromatic N) is 2. The number of rotatable bonds is 5. The van der Waals surface area contributed by atoms with Gasteiger partial charge in [-0.05, 0) is 61.4 Å². The number of anilines is 1. The first-order valence-corrected chi connectivity index (χ1v) is 12.2. The smallest absolute Gasteiger partial charge is 0.256 e. The Hall–Kier alpha value is -3.15. The molecule has 0 radical (unpaired) electrons. The Morgan fingerprint density at radius 1 is 0.909 bits per heavy atom. The van der Waals surface area contributed by atoms with Gasteiger partial charge in [0.1, 0.15) is 6.04 Å². The molecule has 1 saturated carbocycles. The van der Waals surface area contributed by atoms with Crippen LogP contribution in [0.3, 0.4) is 0 Å². The summed E-state index contributed by atoms with van der Waals surface area (Å²) in [4.78, 5) is 42.5. The van der Waals surface area contributed by atoms with E-state index in [1.54, 1.807) is 15.9 Å². The summed E-state index contributed by atoms with van der Waals surface area (Å²) in [5, 5.41) is 3.08.